The molecule has 0 saturated heterocycles. The number of hydrogen-bond acceptors (Lipinski definition) is 2. The Labute approximate surface area is 65.5 Å². The van der Waals surface area contributed by atoms with Crippen molar-refractivity contribution < 1.29 is 0 Å². The van der Waals surface area contributed by atoms with Gasteiger partial charge in [0.05, 0.1) is 0 Å². The topological polar surface area (TPSA) is 48.0 Å². The molecule has 1 unspecified atom stereocenters. The van der Waals surface area contributed by atoms with Gasteiger partial charge in [0.15, 0.2) is 5.43 Å². The van der Waals surface area contributed by atoms with Gasteiger partial charge in [-0.05, 0) is 6.92 Å². The monoisotopic (exact) mass is 152 g/mol. The van der Waals surface area contributed by atoms with Crippen LogP contribution in [0.15, 0.2) is 29.3 Å². The number of pyridine rings is 1. The molecule has 0 fully saturated rings. The van der Waals surface area contributed by atoms with Crippen molar-refractivity contribution in [1.82, 2.24) is 4.57 Å². The van der Waals surface area contributed by atoms with Crippen LogP contribution in [0.5, 0.6) is 0 Å². The van der Waals surface area contributed by atoms with Crippen LogP contribution in [0, 0.1) is 0 Å². The smallest absolute Gasteiger partial charge is 0.181 e. The van der Waals surface area contributed by atoms with Gasteiger partial charge in [0.2, 0.25) is 0 Å². The van der Waals surface area contributed by atoms with Crippen LogP contribution in [0.25, 0.3) is 0 Å². The van der Waals surface area contributed by atoms with Crippen molar-refractivity contribution in [2.75, 3.05) is 0 Å². The average Bonchev–Trinajstić information content (AvgIpc) is 1.93. The molecule has 1 aromatic heterocycles. The third kappa shape index (κ3) is 2.55. The maximum absolute atomic E-state index is 10.7. The lowest BCUT2D eigenvalue weighted by molar-refractivity contribution is 0.586. The van der Waals surface area contributed by atoms with Gasteiger partial charge in [0.25, 0.3) is 0 Å². The molecule has 0 aliphatic carbocycles. The molecule has 1 heterocycles. The summed E-state index contributed by atoms with van der Waals surface area (Å²) < 4.78 is 1.89. The van der Waals surface area contributed by atoms with Crippen LogP contribution < -0.4 is 11.2 Å². The van der Waals surface area contributed by atoms with Crippen molar-refractivity contribution in [1.29, 1.82) is 0 Å². The zero-order chi connectivity index (χ0) is 8.27. The van der Waals surface area contributed by atoms with Gasteiger partial charge in [-0.15, -0.1) is 0 Å². The molecule has 1 rings (SSSR count). The highest BCUT2D eigenvalue weighted by Crippen LogP contribution is 1.86. The van der Waals surface area contributed by atoms with Crippen LogP contribution in [-0.4, -0.2) is 10.6 Å². The Morgan fingerprint density at radius 1 is 1.55 bits per heavy atom. The van der Waals surface area contributed by atoms with Crippen molar-refractivity contribution >= 4 is 0 Å². The maximum atomic E-state index is 10.7. The van der Waals surface area contributed by atoms with Crippen LogP contribution >= 0.6 is 0 Å². The quantitative estimate of drug-likeness (QED) is 0.658. The summed E-state index contributed by atoms with van der Waals surface area (Å²) in [6.45, 7) is 2.68. The second kappa shape index (κ2) is 3.34. The second-order valence-corrected chi connectivity index (χ2v) is 2.71. The minimum atomic E-state index is 0.0333. The lowest BCUT2D eigenvalue weighted by atomic mass is 10.3. The Bertz CT molecular complexity index is 257. The predicted octanol–water partition coefficient (Wildman–Crippen LogP) is 0.195. The number of aromatic nitrogens is 1. The largest absolute Gasteiger partial charge is 0.352 e. The Hall–Kier alpha value is -1.09. The van der Waals surface area contributed by atoms with Crippen molar-refractivity contribution in [3.8, 4) is 0 Å². The van der Waals surface area contributed by atoms with E-state index in [0.29, 0.717) is 0 Å². The molecule has 0 bridgehead atoms. The van der Waals surface area contributed by atoms with Crippen molar-refractivity contribution in [2.24, 2.45) is 5.73 Å². The molecular weight excluding hydrogens is 140 g/mol. The highest BCUT2D eigenvalue weighted by atomic mass is 16.1. The van der Waals surface area contributed by atoms with E-state index < -0.39 is 0 Å². The summed E-state index contributed by atoms with van der Waals surface area (Å²) in [7, 11) is 0. The molecule has 0 saturated carbocycles. The molecule has 3 heteroatoms. The van der Waals surface area contributed by atoms with Gasteiger partial charge in [-0.25, -0.2) is 0 Å². The molecule has 0 radical (unpaired) electrons. The summed E-state index contributed by atoms with van der Waals surface area (Å²) in [6.07, 6.45) is 3.48. The number of nitrogens with two attached hydrogens (primary N) is 1. The van der Waals surface area contributed by atoms with E-state index in [1.807, 2.05) is 11.5 Å². The molecule has 1 atom stereocenters. The van der Waals surface area contributed by atoms with Gasteiger partial charge in [0.1, 0.15) is 0 Å². The van der Waals surface area contributed by atoms with Crippen LogP contribution in [0.2, 0.25) is 0 Å². The molecule has 0 aliphatic rings. The number of rotatable bonds is 2. The number of nitrogens with zero attached hydrogens (tertiary/aromatic N) is 1. The van der Waals surface area contributed by atoms with E-state index in [-0.39, 0.29) is 11.5 Å². The summed E-state index contributed by atoms with van der Waals surface area (Å²) in [6, 6.07) is 3.18. The van der Waals surface area contributed by atoms with E-state index in [1.165, 1.54) is 12.1 Å². The first-order valence-corrected chi connectivity index (χ1v) is 3.60. The van der Waals surface area contributed by atoms with Gasteiger partial charge in [-0.1, -0.05) is 0 Å². The minimum Gasteiger partial charge on any atom is -0.352 e. The van der Waals surface area contributed by atoms with Crippen molar-refractivity contribution in [3.05, 3.63) is 34.7 Å². The second-order valence-electron chi connectivity index (χ2n) is 2.71. The maximum Gasteiger partial charge on any atom is 0.181 e. The SMILES string of the molecule is CC(N)Cn1ccc(=O)cc1. The normalized spacial score (nSPS) is 12.9. The molecule has 1 aromatic rings. The molecule has 0 amide bonds. The zero-order valence-electron chi connectivity index (χ0n) is 6.53. The van der Waals surface area contributed by atoms with Gasteiger partial charge in [0, 0.05) is 37.1 Å². The molecule has 60 valence electrons. The van der Waals surface area contributed by atoms with Crippen LogP contribution in [0.1, 0.15) is 6.92 Å². The fraction of sp³-hybridized carbons (Fsp3) is 0.375. The molecule has 0 spiro atoms. The summed E-state index contributed by atoms with van der Waals surface area (Å²) in [4.78, 5) is 10.7. The molecule has 0 aromatic carbocycles. The van der Waals surface area contributed by atoms with E-state index in [0.717, 1.165) is 6.54 Å². The standard InChI is InChI=1S/C8H12N2O/c1-7(9)6-10-4-2-8(11)3-5-10/h2-5,7H,6,9H2,1H3. The van der Waals surface area contributed by atoms with E-state index in [9.17, 15) is 4.79 Å². The van der Waals surface area contributed by atoms with E-state index in [2.05, 4.69) is 0 Å². The molecule has 2 N–H and O–H groups in total. The van der Waals surface area contributed by atoms with E-state index in [1.54, 1.807) is 12.4 Å². The van der Waals surface area contributed by atoms with Gasteiger partial charge >= 0.3 is 0 Å². The fourth-order valence-corrected chi connectivity index (χ4v) is 0.898. The predicted molar refractivity (Wildman–Crippen MR) is 44.4 cm³/mol. The third-order valence-electron chi connectivity index (χ3n) is 1.36. The third-order valence-corrected chi connectivity index (χ3v) is 1.36. The summed E-state index contributed by atoms with van der Waals surface area (Å²) in [5.41, 5.74) is 5.60. The zero-order valence-corrected chi connectivity index (χ0v) is 6.53. The Kier molecular flexibility index (Phi) is 2.44. The Morgan fingerprint density at radius 3 is 2.55 bits per heavy atom. The summed E-state index contributed by atoms with van der Waals surface area (Å²) in [5, 5.41) is 0. The van der Waals surface area contributed by atoms with Gasteiger partial charge in [-0.3, -0.25) is 4.79 Å². The van der Waals surface area contributed by atoms with E-state index in [4.69, 9.17) is 5.73 Å². The first kappa shape index (κ1) is 8.01. The van der Waals surface area contributed by atoms with Crippen LogP contribution in [-0.2, 0) is 6.54 Å². The molecule has 11 heavy (non-hydrogen) atoms. The van der Waals surface area contributed by atoms with Gasteiger partial charge in [-0.2, -0.15) is 0 Å². The molecule has 3 nitrogen and oxygen atoms in total. The van der Waals surface area contributed by atoms with Crippen molar-refractivity contribution in [2.45, 2.75) is 19.5 Å². The first-order chi connectivity index (χ1) is 5.18. The summed E-state index contributed by atoms with van der Waals surface area (Å²) >= 11 is 0. The van der Waals surface area contributed by atoms with E-state index >= 15 is 0 Å². The van der Waals surface area contributed by atoms with Gasteiger partial charge < -0.3 is 10.3 Å². The molecular formula is C8H12N2O. The minimum absolute atomic E-state index is 0.0333. The van der Waals surface area contributed by atoms with Crippen molar-refractivity contribution in [3.63, 3.8) is 0 Å². The van der Waals surface area contributed by atoms with Crippen LogP contribution in [0.4, 0.5) is 0 Å². The lowest BCUT2D eigenvalue weighted by Crippen LogP contribution is -2.22. The fourth-order valence-electron chi connectivity index (χ4n) is 0.898. The average molecular weight is 152 g/mol. The summed E-state index contributed by atoms with van der Waals surface area (Å²) in [5.74, 6) is 0. The number of hydrogen-bond donors (Lipinski definition) is 1. The molecule has 0 aliphatic heterocycles. The lowest BCUT2D eigenvalue weighted by Gasteiger charge is -2.07. The van der Waals surface area contributed by atoms with Crippen LogP contribution in [0.3, 0.4) is 0 Å². The highest BCUT2D eigenvalue weighted by Gasteiger charge is 1.92. The Morgan fingerprint density at radius 2 is 2.09 bits per heavy atom. The first-order valence-electron chi connectivity index (χ1n) is 3.60. The highest BCUT2D eigenvalue weighted by molar-refractivity contribution is 4.93. The Balaban J connectivity index is 2.74.